The molecule has 0 spiro atoms. The van der Waals surface area contributed by atoms with Crippen LogP contribution in [0.25, 0.3) is 21.9 Å². The number of amides is 2. The summed E-state index contributed by atoms with van der Waals surface area (Å²) in [5.74, 6) is -0.302. The van der Waals surface area contributed by atoms with Gasteiger partial charge in [0.05, 0.1) is 18.1 Å². The molecule has 4 aromatic rings. The Balaban J connectivity index is 1.49. The summed E-state index contributed by atoms with van der Waals surface area (Å²) < 4.78 is 1.98. The van der Waals surface area contributed by atoms with E-state index in [0.29, 0.717) is 29.1 Å². The molecule has 1 aromatic carbocycles. The van der Waals surface area contributed by atoms with Crippen molar-refractivity contribution in [1.29, 1.82) is 0 Å². The maximum atomic E-state index is 12.7. The van der Waals surface area contributed by atoms with Gasteiger partial charge in [-0.25, -0.2) is 4.98 Å². The van der Waals surface area contributed by atoms with Crippen LogP contribution in [0.4, 0.5) is 5.69 Å². The number of aryl methyl sites for hydroxylation is 1. The number of carbonyl (C=O) groups is 2. The van der Waals surface area contributed by atoms with Crippen molar-refractivity contribution in [1.82, 2.24) is 25.1 Å². The lowest BCUT2D eigenvalue weighted by atomic mass is 10.1. The van der Waals surface area contributed by atoms with Gasteiger partial charge in [0.1, 0.15) is 5.69 Å². The van der Waals surface area contributed by atoms with Gasteiger partial charge in [0.2, 0.25) is 0 Å². The number of nitrogens with one attached hydrogen (secondary N) is 3. The first-order valence-electron chi connectivity index (χ1n) is 8.71. The number of hydrogen-bond acceptors (Lipinski definition) is 4. The second-order valence-corrected chi connectivity index (χ2v) is 6.55. The smallest absolute Gasteiger partial charge is 0.267 e. The van der Waals surface area contributed by atoms with Crippen LogP contribution in [0, 0.1) is 0 Å². The largest absolute Gasteiger partial charge is 0.351 e. The summed E-state index contributed by atoms with van der Waals surface area (Å²) >= 11 is 0. The average Bonchev–Trinajstić information content (AvgIpc) is 3.24. The highest BCUT2D eigenvalue weighted by Crippen LogP contribution is 2.24. The van der Waals surface area contributed by atoms with Gasteiger partial charge < -0.3 is 15.2 Å². The number of hydrogen-bond donors (Lipinski definition) is 3. The van der Waals surface area contributed by atoms with Crippen LogP contribution in [-0.4, -0.2) is 38.1 Å². The van der Waals surface area contributed by atoms with Crippen molar-refractivity contribution in [3.8, 4) is 0 Å². The summed E-state index contributed by atoms with van der Waals surface area (Å²) in [6.45, 7) is 1.40. The molecule has 0 bridgehead atoms. The fourth-order valence-electron chi connectivity index (χ4n) is 3.46. The Morgan fingerprint density at radius 1 is 1.15 bits per heavy atom. The zero-order valence-electron chi connectivity index (χ0n) is 14.3. The summed E-state index contributed by atoms with van der Waals surface area (Å²) in [5, 5.41) is 14.2. The van der Waals surface area contributed by atoms with Crippen molar-refractivity contribution >= 4 is 39.4 Å². The Morgan fingerprint density at radius 2 is 2.07 bits per heavy atom. The third-order valence-corrected chi connectivity index (χ3v) is 4.79. The zero-order valence-corrected chi connectivity index (χ0v) is 14.3. The molecule has 134 valence electrons. The number of anilines is 1. The molecule has 0 atom stereocenters. The normalized spacial score (nSPS) is 14.0. The monoisotopic (exact) mass is 360 g/mol. The molecule has 4 heterocycles. The van der Waals surface area contributed by atoms with Crippen LogP contribution in [0.15, 0.2) is 42.7 Å². The Bertz CT molecular complexity index is 1210. The van der Waals surface area contributed by atoms with Gasteiger partial charge >= 0.3 is 0 Å². The molecule has 3 aromatic heterocycles. The molecule has 3 N–H and O–H groups in total. The molecule has 0 fully saturated rings. The minimum Gasteiger partial charge on any atom is -0.351 e. The maximum absolute atomic E-state index is 12.7. The van der Waals surface area contributed by atoms with Crippen molar-refractivity contribution in [2.45, 2.75) is 13.0 Å². The molecule has 0 radical (unpaired) electrons. The van der Waals surface area contributed by atoms with E-state index in [1.54, 1.807) is 18.5 Å². The number of aromatic amines is 1. The average molecular weight is 360 g/mol. The molecular weight excluding hydrogens is 344 g/mol. The maximum Gasteiger partial charge on any atom is 0.267 e. The van der Waals surface area contributed by atoms with E-state index in [2.05, 4.69) is 25.8 Å². The van der Waals surface area contributed by atoms with Crippen molar-refractivity contribution in [3.63, 3.8) is 0 Å². The first kappa shape index (κ1) is 15.6. The quantitative estimate of drug-likeness (QED) is 0.510. The predicted octanol–water partition coefficient (Wildman–Crippen LogP) is 2.30. The van der Waals surface area contributed by atoms with E-state index >= 15 is 0 Å². The Morgan fingerprint density at radius 3 is 3.00 bits per heavy atom. The number of aromatic nitrogens is 4. The van der Waals surface area contributed by atoms with Gasteiger partial charge in [-0.15, -0.1) is 0 Å². The molecule has 5 rings (SSSR count). The summed E-state index contributed by atoms with van der Waals surface area (Å²) in [4.78, 5) is 29.1. The molecule has 2 amide bonds. The van der Waals surface area contributed by atoms with Crippen LogP contribution >= 0.6 is 0 Å². The van der Waals surface area contributed by atoms with Gasteiger partial charge in [0, 0.05) is 34.9 Å². The van der Waals surface area contributed by atoms with E-state index < -0.39 is 0 Å². The molecule has 0 aliphatic carbocycles. The van der Waals surface area contributed by atoms with Crippen molar-refractivity contribution in [3.05, 3.63) is 54.0 Å². The number of benzene rings is 1. The lowest BCUT2D eigenvalue weighted by Gasteiger charge is -2.08. The van der Waals surface area contributed by atoms with Gasteiger partial charge in [-0.3, -0.25) is 14.7 Å². The predicted molar refractivity (Wildman–Crippen MR) is 101 cm³/mol. The molecular formula is C19H16N6O2. The van der Waals surface area contributed by atoms with Crippen molar-refractivity contribution in [2.75, 3.05) is 11.9 Å². The van der Waals surface area contributed by atoms with Gasteiger partial charge in [-0.2, -0.15) is 5.10 Å². The second kappa shape index (κ2) is 5.94. The number of rotatable bonds is 2. The number of nitrogens with zero attached hydrogens (tertiary/aromatic N) is 3. The van der Waals surface area contributed by atoms with Crippen LogP contribution in [0.5, 0.6) is 0 Å². The molecule has 1 aliphatic heterocycles. The van der Waals surface area contributed by atoms with Crippen LogP contribution in [-0.2, 0) is 6.54 Å². The van der Waals surface area contributed by atoms with Crippen LogP contribution in [0.1, 0.15) is 27.3 Å². The molecule has 8 heteroatoms. The number of H-pyrrole nitrogens is 1. The van der Waals surface area contributed by atoms with Crippen LogP contribution < -0.4 is 10.6 Å². The van der Waals surface area contributed by atoms with Gasteiger partial charge in [0.25, 0.3) is 11.8 Å². The summed E-state index contributed by atoms with van der Waals surface area (Å²) in [7, 11) is 0. The highest BCUT2D eigenvalue weighted by molar-refractivity contribution is 6.07. The van der Waals surface area contributed by atoms with Crippen molar-refractivity contribution < 1.29 is 9.59 Å². The minimum absolute atomic E-state index is 0.0748. The third kappa shape index (κ3) is 2.62. The van der Waals surface area contributed by atoms with E-state index in [9.17, 15) is 9.59 Å². The fraction of sp³-hybridized carbons (Fsp3) is 0.158. The van der Waals surface area contributed by atoms with E-state index in [1.165, 1.54) is 0 Å². The number of carbonyl (C=O) groups excluding carboxylic acids is 2. The van der Waals surface area contributed by atoms with Crippen LogP contribution in [0.2, 0.25) is 0 Å². The Labute approximate surface area is 153 Å². The molecule has 27 heavy (non-hydrogen) atoms. The molecule has 0 saturated carbocycles. The lowest BCUT2D eigenvalue weighted by Crippen LogP contribution is -2.22. The summed E-state index contributed by atoms with van der Waals surface area (Å²) in [5.41, 5.74) is 3.32. The van der Waals surface area contributed by atoms with Gasteiger partial charge in [-0.05, 0) is 30.7 Å². The minimum atomic E-state index is -0.227. The third-order valence-electron chi connectivity index (χ3n) is 4.79. The Hall–Kier alpha value is -3.68. The van der Waals surface area contributed by atoms with E-state index in [1.807, 2.05) is 28.8 Å². The van der Waals surface area contributed by atoms with E-state index in [-0.39, 0.29) is 11.8 Å². The van der Waals surface area contributed by atoms with E-state index in [4.69, 9.17) is 0 Å². The molecule has 8 nitrogen and oxygen atoms in total. The highest BCUT2D eigenvalue weighted by atomic mass is 16.2. The number of fused-ring (bicyclic) bond motifs is 4. The van der Waals surface area contributed by atoms with Gasteiger partial charge in [-0.1, -0.05) is 6.07 Å². The first-order valence-corrected chi connectivity index (χ1v) is 8.71. The fourth-order valence-corrected chi connectivity index (χ4v) is 3.46. The van der Waals surface area contributed by atoms with Crippen molar-refractivity contribution in [2.24, 2.45) is 0 Å². The number of pyridine rings is 1. The van der Waals surface area contributed by atoms with Gasteiger partial charge in [0.15, 0.2) is 5.65 Å². The SMILES string of the molecule is O=C(Nc1cnc2[nH]ncc2c1)c1ccc2cc3n(c2c1)CCCNC3=O. The molecule has 1 aliphatic rings. The summed E-state index contributed by atoms with van der Waals surface area (Å²) in [6, 6.07) is 9.15. The first-order chi connectivity index (χ1) is 13.2. The lowest BCUT2D eigenvalue weighted by molar-refractivity contribution is 0.0950. The second-order valence-electron chi connectivity index (χ2n) is 6.55. The molecule has 0 saturated heterocycles. The summed E-state index contributed by atoms with van der Waals surface area (Å²) in [6.07, 6.45) is 4.10. The molecule has 0 unspecified atom stereocenters. The Kier molecular flexibility index (Phi) is 3.43. The standard InChI is InChI=1S/C19H16N6O2/c26-18(23-14-6-13-9-22-24-17(13)21-10-14)12-3-2-11-7-16-19(27)20-4-1-5-25(16)15(11)8-12/h2-3,6-10H,1,4-5H2,(H,20,27)(H,23,26)(H,21,22,24). The van der Waals surface area contributed by atoms with E-state index in [0.717, 1.165) is 29.3 Å². The highest BCUT2D eigenvalue weighted by Gasteiger charge is 2.19. The zero-order chi connectivity index (χ0) is 18.4. The van der Waals surface area contributed by atoms with Crippen LogP contribution in [0.3, 0.4) is 0 Å². The topological polar surface area (TPSA) is 105 Å².